The third-order valence-electron chi connectivity index (χ3n) is 3.06. The molecule has 0 spiro atoms. The predicted molar refractivity (Wildman–Crippen MR) is 74.3 cm³/mol. The van der Waals surface area contributed by atoms with Crippen LogP contribution in [0.15, 0.2) is 6.07 Å². The van der Waals surface area contributed by atoms with E-state index < -0.39 is 0 Å². The van der Waals surface area contributed by atoms with Gasteiger partial charge in [-0.2, -0.15) is 0 Å². The van der Waals surface area contributed by atoms with Crippen molar-refractivity contribution in [2.75, 3.05) is 23.7 Å². The van der Waals surface area contributed by atoms with Gasteiger partial charge in [-0.15, -0.1) is 0 Å². The van der Waals surface area contributed by atoms with Gasteiger partial charge in [-0.05, 0) is 31.2 Å². The first-order valence-corrected chi connectivity index (χ1v) is 6.63. The molecular formula is C12H17Cl2N3. The standard InChI is InChI=1S/C12H17Cl2N3/c1-3-15-10-8(13)6-9(14)11(17-10)16-7-12(2)4-5-12/h6H,3-5,7H2,1-2H3,(H2,15,16,17). The summed E-state index contributed by atoms with van der Waals surface area (Å²) in [5, 5.41) is 7.54. The van der Waals surface area contributed by atoms with E-state index in [0.717, 1.165) is 13.1 Å². The molecule has 0 unspecified atom stereocenters. The van der Waals surface area contributed by atoms with Gasteiger partial charge in [0, 0.05) is 13.1 Å². The Morgan fingerprint density at radius 3 is 2.35 bits per heavy atom. The van der Waals surface area contributed by atoms with Crippen LogP contribution < -0.4 is 10.6 Å². The Hall–Kier alpha value is -0.670. The van der Waals surface area contributed by atoms with Gasteiger partial charge in [0.25, 0.3) is 0 Å². The molecule has 0 radical (unpaired) electrons. The van der Waals surface area contributed by atoms with Gasteiger partial charge in [0.15, 0.2) is 0 Å². The molecule has 0 saturated heterocycles. The second-order valence-electron chi connectivity index (χ2n) is 4.84. The molecule has 0 bridgehead atoms. The van der Waals surface area contributed by atoms with Crippen molar-refractivity contribution in [1.82, 2.24) is 4.98 Å². The number of hydrogen-bond donors (Lipinski definition) is 2. The van der Waals surface area contributed by atoms with E-state index in [4.69, 9.17) is 23.2 Å². The van der Waals surface area contributed by atoms with Crippen LogP contribution in [0.25, 0.3) is 0 Å². The van der Waals surface area contributed by atoms with Gasteiger partial charge in [0.05, 0.1) is 10.0 Å². The minimum atomic E-state index is 0.420. The van der Waals surface area contributed by atoms with Gasteiger partial charge in [-0.1, -0.05) is 30.1 Å². The van der Waals surface area contributed by atoms with Crippen LogP contribution in [0.1, 0.15) is 26.7 Å². The van der Waals surface area contributed by atoms with E-state index in [1.54, 1.807) is 6.07 Å². The van der Waals surface area contributed by atoms with Crippen molar-refractivity contribution in [1.29, 1.82) is 0 Å². The van der Waals surface area contributed by atoms with Crippen LogP contribution in [0.2, 0.25) is 10.0 Å². The molecule has 2 N–H and O–H groups in total. The molecule has 1 aliphatic carbocycles. The Balaban J connectivity index is 2.11. The Morgan fingerprint density at radius 2 is 1.82 bits per heavy atom. The number of nitrogens with one attached hydrogen (secondary N) is 2. The van der Waals surface area contributed by atoms with E-state index in [0.29, 0.717) is 27.1 Å². The monoisotopic (exact) mass is 273 g/mol. The van der Waals surface area contributed by atoms with E-state index in [2.05, 4.69) is 22.5 Å². The summed E-state index contributed by atoms with van der Waals surface area (Å²) in [4.78, 5) is 4.41. The van der Waals surface area contributed by atoms with Crippen molar-refractivity contribution >= 4 is 34.8 Å². The summed E-state index contributed by atoms with van der Waals surface area (Å²) in [5.74, 6) is 1.39. The summed E-state index contributed by atoms with van der Waals surface area (Å²) >= 11 is 12.2. The Labute approximate surface area is 112 Å². The predicted octanol–water partition coefficient (Wildman–Crippen LogP) is 4.03. The molecule has 5 heteroatoms. The Morgan fingerprint density at radius 1 is 1.24 bits per heavy atom. The molecule has 1 heterocycles. The highest BCUT2D eigenvalue weighted by Gasteiger charge is 2.37. The van der Waals surface area contributed by atoms with Crippen LogP contribution in [0.4, 0.5) is 11.6 Å². The summed E-state index contributed by atoms with van der Waals surface area (Å²) < 4.78 is 0. The molecule has 1 fully saturated rings. The number of nitrogens with zero attached hydrogens (tertiary/aromatic N) is 1. The number of rotatable bonds is 5. The zero-order valence-corrected chi connectivity index (χ0v) is 11.6. The molecule has 17 heavy (non-hydrogen) atoms. The number of aromatic nitrogens is 1. The van der Waals surface area contributed by atoms with Crippen molar-refractivity contribution < 1.29 is 0 Å². The molecule has 0 amide bonds. The largest absolute Gasteiger partial charge is 0.369 e. The summed E-state index contributed by atoms with van der Waals surface area (Å²) in [7, 11) is 0. The number of halogens is 2. The molecule has 0 aromatic carbocycles. The van der Waals surface area contributed by atoms with Crippen LogP contribution >= 0.6 is 23.2 Å². The lowest BCUT2D eigenvalue weighted by Crippen LogP contribution is -2.13. The molecule has 3 nitrogen and oxygen atoms in total. The maximum Gasteiger partial charge on any atom is 0.147 e. The average Bonchev–Trinajstić information content (AvgIpc) is 3.00. The van der Waals surface area contributed by atoms with E-state index in [1.807, 2.05) is 6.92 Å². The van der Waals surface area contributed by atoms with Crippen molar-refractivity contribution in [3.05, 3.63) is 16.1 Å². The summed E-state index contributed by atoms with van der Waals surface area (Å²) in [6.07, 6.45) is 2.54. The molecule has 0 aliphatic heterocycles. The van der Waals surface area contributed by atoms with Crippen molar-refractivity contribution in [2.24, 2.45) is 5.41 Å². The normalized spacial score (nSPS) is 16.7. The van der Waals surface area contributed by atoms with Gasteiger partial charge < -0.3 is 10.6 Å². The fourth-order valence-electron chi connectivity index (χ4n) is 1.57. The second-order valence-corrected chi connectivity index (χ2v) is 5.66. The molecule has 1 aromatic heterocycles. The maximum absolute atomic E-state index is 6.11. The lowest BCUT2D eigenvalue weighted by atomic mass is 10.1. The molecule has 0 atom stereocenters. The van der Waals surface area contributed by atoms with E-state index >= 15 is 0 Å². The second kappa shape index (κ2) is 4.91. The van der Waals surface area contributed by atoms with Gasteiger partial charge in [0.2, 0.25) is 0 Å². The first-order valence-electron chi connectivity index (χ1n) is 5.88. The van der Waals surface area contributed by atoms with Gasteiger partial charge in [0.1, 0.15) is 11.6 Å². The molecular weight excluding hydrogens is 257 g/mol. The lowest BCUT2D eigenvalue weighted by molar-refractivity contribution is 0.609. The SMILES string of the molecule is CCNc1nc(NCC2(C)CC2)c(Cl)cc1Cl. The van der Waals surface area contributed by atoms with Crippen LogP contribution in [0.5, 0.6) is 0 Å². The van der Waals surface area contributed by atoms with E-state index in [-0.39, 0.29) is 0 Å². The zero-order chi connectivity index (χ0) is 12.5. The average molecular weight is 274 g/mol. The maximum atomic E-state index is 6.11. The van der Waals surface area contributed by atoms with Gasteiger partial charge in [-0.25, -0.2) is 4.98 Å². The highest BCUT2D eigenvalue weighted by molar-refractivity contribution is 6.37. The van der Waals surface area contributed by atoms with Crippen LogP contribution in [-0.4, -0.2) is 18.1 Å². The minimum Gasteiger partial charge on any atom is -0.369 e. The fourth-order valence-corrected chi connectivity index (χ4v) is 2.06. The van der Waals surface area contributed by atoms with Crippen LogP contribution in [-0.2, 0) is 0 Å². The van der Waals surface area contributed by atoms with Crippen LogP contribution in [0.3, 0.4) is 0 Å². The van der Waals surface area contributed by atoms with Gasteiger partial charge >= 0.3 is 0 Å². The number of hydrogen-bond acceptors (Lipinski definition) is 3. The van der Waals surface area contributed by atoms with E-state index in [9.17, 15) is 0 Å². The zero-order valence-electron chi connectivity index (χ0n) is 10.1. The molecule has 94 valence electrons. The summed E-state index contributed by atoms with van der Waals surface area (Å²) in [5.41, 5.74) is 0.420. The van der Waals surface area contributed by atoms with Crippen molar-refractivity contribution in [3.8, 4) is 0 Å². The number of anilines is 2. The fraction of sp³-hybridized carbons (Fsp3) is 0.583. The Kier molecular flexibility index (Phi) is 3.69. The smallest absolute Gasteiger partial charge is 0.147 e. The van der Waals surface area contributed by atoms with E-state index in [1.165, 1.54) is 12.8 Å². The molecule has 1 aliphatic rings. The quantitative estimate of drug-likeness (QED) is 0.851. The Bertz CT molecular complexity index is 416. The minimum absolute atomic E-state index is 0.420. The third-order valence-corrected chi connectivity index (χ3v) is 3.64. The summed E-state index contributed by atoms with van der Waals surface area (Å²) in [6.45, 7) is 5.96. The summed E-state index contributed by atoms with van der Waals surface area (Å²) in [6, 6.07) is 1.73. The third kappa shape index (κ3) is 3.17. The highest BCUT2D eigenvalue weighted by atomic mass is 35.5. The van der Waals surface area contributed by atoms with Gasteiger partial charge in [-0.3, -0.25) is 0 Å². The topological polar surface area (TPSA) is 37.0 Å². The molecule has 1 saturated carbocycles. The molecule has 1 aromatic rings. The first-order chi connectivity index (χ1) is 8.04. The highest BCUT2D eigenvalue weighted by Crippen LogP contribution is 2.45. The first kappa shape index (κ1) is 12.8. The number of pyridine rings is 1. The van der Waals surface area contributed by atoms with Crippen LogP contribution in [0, 0.1) is 5.41 Å². The molecule has 2 rings (SSSR count). The van der Waals surface area contributed by atoms with Crippen molar-refractivity contribution in [3.63, 3.8) is 0 Å². The lowest BCUT2D eigenvalue weighted by Gasteiger charge is -2.14. The van der Waals surface area contributed by atoms with Crippen molar-refractivity contribution in [2.45, 2.75) is 26.7 Å².